The van der Waals surface area contributed by atoms with Crippen molar-refractivity contribution in [3.8, 4) is 0 Å². The Balaban J connectivity index is 1.67. The second kappa shape index (κ2) is 6.75. The Labute approximate surface area is 131 Å². The fourth-order valence-corrected chi connectivity index (χ4v) is 3.47. The predicted molar refractivity (Wildman–Crippen MR) is 86.6 cm³/mol. The molecule has 1 saturated heterocycles. The summed E-state index contributed by atoms with van der Waals surface area (Å²) in [5.41, 5.74) is 1.90. The minimum atomic E-state index is 0.441. The van der Waals surface area contributed by atoms with Crippen molar-refractivity contribution < 1.29 is 0 Å². The van der Waals surface area contributed by atoms with Crippen LogP contribution in [0.4, 0.5) is 0 Å². The van der Waals surface area contributed by atoms with E-state index in [9.17, 15) is 0 Å². The van der Waals surface area contributed by atoms with Gasteiger partial charge in [0.2, 0.25) is 0 Å². The summed E-state index contributed by atoms with van der Waals surface area (Å²) in [7, 11) is 0. The molecule has 4 nitrogen and oxygen atoms in total. The van der Waals surface area contributed by atoms with E-state index >= 15 is 0 Å². The van der Waals surface area contributed by atoms with Crippen LogP contribution in [0, 0.1) is 0 Å². The Morgan fingerprint density at radius 3 is 3.05 bits per heavy atom. The average molecular weight is 307 g/mol. The average Bonchev–Trinajstić information content (AvgIpc) is 2.87. The third-order valence-corrected chi connectivity index (χ3v) is 4.71. The van der Waals surface area contributed by atoms with Crippen molar-refractivity contribution in [2.45, 2.75) is 51.1 Å². The highest BCUT2D eigenvalue weighted by Crippen LogP contribution is 2.18. The first-order valence-corrected chi connectivity index (χ1v) is 8.43. The second-order valence-electron chi connectivity index (χ2n) is 5.89. The summed E-state index contributed by atoms with van der Waals surface area (Å²) in [4.78, 5) is 11.6. The Morgan fingerprint density at radius 2 is 2.24 bits per heavy atom. The number of nitrogens with zero attached hydrogens (tertiary/aromatic N) is 4. The highest BCUT2D eigenvalue weighted by molar-refractivity contribution is 6.16. The molecule has 5 heteroatoms. The van der Waals surface area contributed by atoms with Crippen molar-refractivity contribution >= 4 is 22.8 Å². The number of halogens is 1. The highest BCUT2D eigenvalue weighted by Gasteiger charge is 2.18. The standard InChI is InChI=1S/C16H23ClN4/c1-13-6-2-3-9-20(13)10-5-11-21-15(12-17)19-14-7-4-8-18-16(14)21/h4,7-8,13H,2-3,5-6,9-12H2,1H3. The Kier molecular flexibility index (Phi) is 4.76. The number of piperidine rings is 1. The van der Waals surface area contributed by atoms with E-state index in [2.05, 4.69) is 26.4 Å². The number of rotatable bonds is 5. The molecule has 1 fully saturated rings. The number of hydrogen-bond acceptors (Lipinski definition) is 3. The Morgan fingerprint density at radius 1 is 1.33 bits per heavy atom. The molecule has 1 aliphatic heterocycles. The summed E-state index contributed by atoms with van der Waals surface area (Å²) in [6.45, 7) is 5.68. The SMILES string of the molecule is CC1CCCCN1CCCn1c(CCl)nc2cccnc21. The molecule has 1 atom stereocenters. The van der Waals surface area contributed by atoms with E-state index in [0.29, 0.717) is 5.88 Å². The van der Waals surface area contributed by atoms with E-state index in [-0.39, 0.29) is 0 Å². The molecule has 114 valence electrons. The highest BCUT2D eigenvalue weighted by atomic mass is 35.5. The van der Waals surface area contributed by atoms with Crippen LogP contribution in [0.25, 0.3) is 11.2 Å². The summed E-state index contributed by atoms with van der Waals surface area (Å²) >= 11 is 6.03. The van der Waals surface area contributed by atoms with Crippen molar-refractivity contribution in [3.05, 3.63) is 24.2 Å². The van der Waals surface area contributed by atoms with E-state index in [1.807, 2.05) is 18.3 Å². The number of hydrogen-bond donors (Lipinski definition) is 0. The first-order chi connectivity index (χ1) is 10.3. The van der Waals surface area contributed by atoms with Gasteiger partial charge in [0.25, 0.3) is 0 Å². The lowest BCUT2D eigenvalue weighted by Crippen LogP contribution is -2.38. The maximum atomic E-state index is 6.03. The van der Waals surface area contributed by atoms with Crippen LogP contribution in [0.15, 0.2) is 18.3 Å². The summed E-state index contributed by atoms with van der Waals surface area (Å²) in [6.07, 6.45) is 7.00. The van der Waals surface area contributed by atoms with Crippen molar-refractivity contribution in [2.24, 2.45) is 0 Å². The number of imidazole rings is 1. The Bertz CT molecular complexity index is 595. The lowest BCUT2D eigenvalue weighted by Gasteiger charge is -2.33. The minimum Gasteiger partial charge on any atom is -0.312 e. The molecule has 2 aromatic heterocycles. The molecule has 0 bridgehead atoms. The molecule has 21 heavy (non-hydrogen) atoms. The van der Waals surface area contributed by atoms with Gasteiger partial charge in [-0.05, 0) is 44.9 Å². The van der Waals surface area contributed by atoms with Gasteiger partial charge in [-0.3, -0.25) is 0 Å². The topological polar surface area (TPSA) is 34.0 Å². The van der Waals surface area contributed by atoms with Crippen LogP contribution in [0.5, 0.6) is 0 Å². The van der Waals surface area contributed by atoms with Gasteiger partial charge in [0.05, 0.1) is 5.88 Å². The number of likely N-dealkylation sites (tertiary alicyclic amines) is 1. The lowest BCUT2D eigenvalue weighted by molar-refractivity contribution is 0.157. The number of pyridine rings is 1. The first-order valence-electron chi connectivity index (χ1n) is 7.89. The second-order valence-corrected chi connectivity index (χ2v) is 6.16. The van der Waals surface area contributed by atoms with Crippen LogP contribution >= 0.6 is 11.6 Å². The van der Waals surface area contributed by atoms with Crippen LogP contribution in [-0.4, -0.2) is 38.6 Å². The molecule has 0 aromatic carbocycles. The van der Waals surface area contributed by atoms with Gasteiger partial charge in [-0.15, -0.1) is 11.6 Å². The van der Waals surface area contributed by atoms with Gasteiger partial charge in [-0.25, -0.2) is 9.97 Å². The number of aryl methyl sites for hydroxylation is 1. The van der Waals surface area contributed by atoms with Crippen LogP contribution in [0.3, 0.4) is 0 Å². The van der Waals surface area contributed by atoms with Gasteiger partial charge in [-0.1, -0.05) is 6.42 Å². The third-order valence-electron chi connectivity index (χ3n) is 4.47. The molecule has 0 saturated carbocycles. The molecular formula is C16H23ClN4. The number of aromatic nitrogens is 3. The van der Waals surface area contributed by atoms with Crippen molar-refractivity contribution in [2.75, 3.05) is 13.1 Å². The van der Waals surface area contributed by atoms with Crippen LogP contribution in [0.1, 0.15) is 38.4 Å². The molecule has 0 N–H and O–H groups in total. The normalized spacial score (nSPS) is 20.2. The number of alkyl halides is 1. The summed E-state index contributed by atoms with van der Waals surface area (Å²) < 4.78 is 2.18. The molecule has 1 unspecified atom stereocenters. The summed E-state index contributed by atoms with van der Waals surface area (Å²) in [5, 5.41) is 0. The summed E-state index contributed by atoms with van der Waals surface area (Å²) in [5.74, 6) is 1.37. The van der Waals surface area contributed by atoms with Crippen LogP contribution in [0.2, 0.25) is 0 Å². The largest absolute Gasteiger partial charge is 0.312 e. The van der Waals surface area contributed by atoms with E-state index in [1.165, 1.54) is 25.8 Å². The van der Waals surface area contributed by atoms with E-state index < -0.39 is 0 Å². The van der Waals surface area contributed by atoms with Crippen molar-refractivity contribution in [1.29, 1.82) is 0 Å². The van der Waals surface area contributed by atoms with Gasteiger partial charge < -0.3 is 9.47 Å². The van der Waals surface area contributed by atoms with E-state index in [1.54, 1.807) is 0 Å². The molecule has 0 aliphatic carbocycles. The molecule has 0 spiro atoms. The molecule has 2 aromatic rings. The minimum absolute atomic E-state index is 0.441. The summed E-state index contributed by atoms with van der Waals surface area (Å²) in [6, 6.07) is 4.65. The van der Waals surface area contributed by atoms with Gasteiger partial charge in [0, 0.05) is 25.3 Å². The molecular weight excluding hydrogens is 284 g/mol. The van der Waals surface area contributed by atoms with Crippen molar-refractivity contribution in [1.82, 2.24) is 19.4 Å². The Hall–Kier alpha value is -1.13. The monoisotopic (exact) mass is 306 g/mol. The molecule has 3 rings (SSSR count). The molecule has 3 heterocycles. The van der Waals surface area contributed by atoms with E-state index in [4.69, 9.17) is 11.6 Å². The first kappa shape index (κ1) is 14.8. The molecule has 0 amide bonds. The zero-order valence-corrected chi connectivity index (χ0v) is 13.4. The van der Waals surface area contributed by atoms with E-state index in [0.717, 1.165) is 42.5 Å². The predicted octanol–water partition coefficient (Wildman–Crippen LogP) is 3.43. The van der Waals surface area contributed by atoms with Crippen LogP contribution in [-0.2, 0) is 12.4 Å². The molecule has 1 aliphatic rings. The maximum absolute atomic E-state index is 6.03. The van der Waals surface area contributed by atoms with Gasteiger partial charge in [0.1, 0.15) is 11.3 Å². The maximum Gasteiger partial charge on any atom is 0.160 e. The lowest BCUT2D eigenvalue weighted by atomic mass is 10.0. The van der Waals surface area contributed by atoms with Gasteiger partial charge in [-0.2, -0.15) is 0 Å². The van der Waals surface area contributed by atoms with Gasteiger partial charge in [0.15, 0.2) is 5.65 Å². The smallest absolute Gasteiger partial charge is 0.160 e. The van der Waals surface area contributed by atoms with Crippen LogP contribution < -0.4 is 0 Å². The van der Waals surface area contributed by atoms with Gasteiger partial charge >= 0.3 is 0 Å². The zero-order valence-electron chi connectivity index (χ0n) is 12.6. The quantitative estimate of drug-likeness (QED) is 0.794. The van der Waals surface area contributed by atoms with Crippen molar-refractivity contribution in [3.63, 3.8) is 0 Å². The molecule has 0 radical (unpaired) electrons. The fourth-order valence-electron chi connectivity index (χ4n) is 3.26. The zero-order chi connectivity index (χ0) is 14.7. The third kappa shape index (κ3) is 3.22. The number of fused-ring (bicyclic) bond motifs is 1. The fraction of sp³-hybridized carbons (Fsp3) is 0.625.